The van der Waals surface area contributed by atoms with E-state index in [1.807, 2.05) is 6.92 Å². The summed E-state index contributed by atoms with van der Waals surface area (Å²) >= 11 is 0. The maximum absolute atomic E-state index is 13.5. The first kappa shape index (κ1) is 13.7. The normalized spacial score (nSPS) is 17.4. The largest absolute Gasteiger partial charge is 0.346 e. The van der Waals surface area contributed by atoms with Crippen LogP contribution in [0.15, 0.2) is 18.2 Å². The van der Waals surface area contributed by atoms with Crippen LogP contribution in [-0.2, 0) is 17.6 Å². The molecule has 1 amide bonds. The second-order valence-corrected chi connectivity index (χ2v) is 5.30. The molecule has 2 aromatic rings. The molecule has 0 spiro atoms. The number of aromatic nitrogens is 2. The van der Waals surface area contributed by atoms with Crippen LogP contribution in [0.2, 0.25) is 0 Å². The lowest BCUT2D eigenvalue weighted by Gasteiger charge is -2.20. The number of imidazole rings is 1. The molecule has 6 heteroatoms. The summed E-state index contributed by atoms with van der Waals surface area (Å²) in [4.78, 5) is 19.7. The molecule has 0 fully saturated rings. The SMILES string of the molecule is Cc1nc2c([nH]1)CC(C(=O)Nc1cc(F)ccc1F)CC2. The zero-order valence-electron chi connectivity index (χ0n) is 11.5. The molecule has 1 atom stereocenters. The number of hydrogen-bond acceptors (Lipinski definition) is 2. The Hall–Kier alpha value is -2.24. The zero-order valence-corrected chi connectivity index (χ0v) is 11.5. The number of amides is 1. The number of H-pyrrole nitrogens is 1. The van der Waals surface area contributed by atoms with Crippen molar-refractivity contribution in [2.24, 2.45) is 5.92 Å². The summed E-state index contributed by atoms with van der Waals surface area (Å²) in [6.45, 7) is 1.87. The number of carbonyl (C=O) groups is 1. The smallest absolute Gasteiger partial charge is 0.227 e. The molecule has 1 aromatic heterocycles. The predicted molar refractivity (Wildman–Crippen MR) is 73.8 cm³/mol. The molecule has 3 rings (SSSR count). The van der Waals surface area contributed by atoms with E-state index >= 15 is 0 Å². The minimum atomic E-state index is -0.640. The van der Waals surface area contributed by atoms with E-state index in [-0.39, 0.29) is 17.5 Å². The summed E-state index contributed by atoms with van der Waals surface area (Å²) in [5.74, 6) is -0.949. The number of carbonyl (C=O) groups excluding carboxylic acids is 1. The van der Waals surface area contributed by atoms with E-state index in [0.29, 0.717) is 19.3 Å². The van der Waals surface area contributed by atoms with Crippen LogP contribution >= 0.6 is 0 Å². The Morgan fingerprint density at radius 3 is 3.05 bits per heavy atom. The number of anilines is 1. The van der Waals surface area contributed by atoms with E-state index in [9.17, 15) is 13.6 Å². The van der Waals surface area contributed by atoms with Crippen LogP contribution in [-0.4, -0.2) is 15.9 Å². The van der Waals surface area contributed by atoms with E-state index in [4.69, 9.17) is 0 Å². The van der Waals surface area contributed by atoms with Crippen molar-refractivity contribution in [1.82, 2.24) is 9.97 Å². The second kappa shape index (κ2) is 5.27. The summed E-state index contributed by atoms with van der Waals surface area (Å²) in [7, 11) is 0. The molecule has 1 aliphatic carbocycles. The molecule has 1 aromatic carbocycles. The van der Waals surface area contributed by atoms with Crippen LogP contribution in [0.3, 0.4) is 0 Å². The fraction of sp³-hybridized carbons (Fsp3) is 0.333. The molecule has 0 saturated heterocycles. The highest BCUT2D eigenvalue weighted by Gasteiger charge is 2.27. The molecule has 4 nitrogen and oxygen atoms in total. The Morgan fingerprint density at radius 2 is 2.24 bits per heavy atom. The second-order valence-electron chi connectivity index (χ2n) is 5.30. The van der Waals surface area contributed by atoms with Gasteiger partial charge in [0, 0.05) is 24.1 Å². The maximum Gasteiger partial charge on any atom is 0.227 e. The minimum absolute atomic E-state index is 0.119. The Morgan fingerprint density at radius 1 is 1.43 bits per heavy atom. The van der Waals surface area contributed by atoms with E-state index in [0.717, 1.165) is 35.4 Å². The number of rotatable bonds is 2. The Balaban J connectivity index is 1.73. The number of nitrogens with zero attached hydrogens (tertiary/aromatic N) is 1. The summed E-state index contributed by atoms with van der Waals surface area (Å²) in [6.07, 6.45) is 1.91. The third-order valence-electron chi connectivity index (χ3n) is 3.72. The third kappa shape index (κ3) is 2.79. The molecule has 21 heavy (non-hydrogen) atoms. The van der Waals surface area contributed by atoms with Crippen molar-refractivity contribution in [3.8, 4) is 0 Å². The average Bonchev–Trinajstić information content (AvgIpc) is 2.81. The highest BCUT2D eigenvalue weighted by Crippen LogP contribution is 2.25. The summed E-state index contributed by atoms with van der Waals surface area (Å²) in [6, 6.07) is 3.01. The van der Waals surface area contributed by atoms with Gasteiger partial charge in [0.2, 0.25) is 5.91 Å². The summed E-state index contributed by atoms with van der Waals surface area (Å²) in [5, 5.41) is 2.47. The van der Waals surface area contributed by atoms with Crippen molar-refractivity contribution in [2.45, 2.75) is 26.2 Å². The van der Waals surface area contributed by atoms with Crippen LogP contribution in [0.1, 0.15) is 23.6 Å². The van der Waals surface area contributed by atoms with Gasteiger partial charge in [-0.2, -0.15) is 0 Å². The molecule has 0 radical (unpaired) electrons. The molecule has 0 bridgehead atoms. The zero-order chi connectivity index (χ0) is 15.0. The van der Waals surface area contributed by atoms with E-state index in [2.05, 4.69) is 15.3 Å². The van der Waals surface area contributed by atoms with Crippen LogP contribution in [0.4, 0.5) is 14.5 Å². The standard InChI is InChI=1S/C15H15F2N3O/c1-8-18-12-5-2-9(6-14(12)19-8)15(21)20-13-7-10(16)3-4-11(13)17/h3-4,7,9H,2,5-6H2,1H3,(H,18,19)(H,20,21). The van der Waals surface area contributed by atoms with Gasteiger partial charge in [0.1, 0.15) is 17.5 Å². The first-order valence-electron chi connectivity index (χ1n) is 6.83. The monoisotopic (exact) mass is 291 g/mol. The predicted octanol–water partition coefficient (Wildman–Crippen LogP) is 2.74. The van der Waals surface area contributed by atoms with Gasteiger partial charge in [0.25, 0.3) is 0 Å². The highest BCUT2D eigenvalue weighted by atomic mass is 19.1. The topological polar surface area (TPSA) is 57.8 Å². The lowest BCUT2D eigenvalue weighted by atomic mass is 9.89. The number of halogens is 2. The Bertz CT molecular complexity index is 696. The molecule has 110 valence electrons. The molecular formula is C15H15F2N3O. The molecule has 1 heterocycles. The quantitative estimate of drug-likeness (QED) is 0.894. The number of fused-ring (bicyclic) bond motifs is 1. The fourth-order valence-electron chi connectivity index (χ4n) is 2.68. The average molecular weight is 291 g/mol. The van der Waals surface area contributed by atoms with E-state index in [1.54, 1.807) is 0 Å². The van der Waals surface area contributed by atoms with Gasteiger partial charge in [-0.25, -0.2) is 13.8 Å². The van der Waals surface area contributed by atoms with Crippen molar-refractivity contribution < 1.29 is 13.6 Å². The molecule has 1 unspecified atom stereocenters. The minimum Gasteiger partial charge on any atom is -0.346 e. The number of benzene rings is 1. The van der Waals surface area contributed by atoms with Crippen molar-refractivity contribution >= 4 is 11.6 Å². The first-order chi connectivity index (χ1) is 10.0. The Kier molecular flexibility index (Phi) is 3.45. The van der Waals surface area contributed by atoms with Crippen LogP contribution in [0.25, 0.3) is 0 Å². The first-order valence-corrected chi connectivity index (χ1v) is 6.83. The highest BCUT2D eigenvalue weighted by molar-refractivity contribution is 5.93. The number of hydrogen-bond donors (Lipinski definition) is 2. The maximum atomic E-state index is 13.5. The van der Waals surface area contributed by atoms with Gasteiger partial charge < -0.3 is 10.3 Å². The lowest BCUT2D eigenvalue weighted by Crippen LogP contribution is -2.28. The summed E-state index contributed by atoms with van der Waals surface area (Å²) < 4.78 is 26.7. The third-order valence-corrected chi connectivity index (χ3v) is 3.72. The molecule has 0 saturated carbocycles. The molecular weight excluding hydrogens is 276 g/mol. The van der Waals surface area contributed by atoms with Crippen molar-refractivity contribution in [1.29, 1.82) is 0 Å². The van der Waals surface area contributed by atoms with Crippen molar-refractivity contribution in [3.05, 3.63) is 47.0 Å². The van der Waals surface area contributed by atoms with Gasteiger partial charge >= 0.3 is 0 Å². The Labute approximate surface area is 120 Å². The van der Waals surface area contributed by atoms with Crippen LogP contribution < -0.4 is 5.32 Å². The number of aromatic amines is 1. The van der Waals surface area contributed by atoms with Crippen LogP contribution in [0.5, 0.6) is 0 Å². The number of aryl methyl sites for hydroxylation is 2. The van der Waals surface area contributed by atoms with E-state index < -0.39 is 11.6 Å². The van der Waals surface area contributed by atoms with Gasteiger partial charge in [-0.15, -0.1) is 0 Å². The van der Waals surface area contributed by atoms with E-state index in [1.165, 1.54) is 0 Å². The van der Waals surface area contributed by atoms with Gasteiger partial charge in [-0.1, -0.05) is 0 Å². The lowest BCUT2D eigenvalue weighted by molar-refractivity contribution is -0.120. The molecule has 2 N–H and O–H groups in total. The molecule has 0 aliphatic heterocycles. The number of nitrogens with one attached hydrogen (secondary N) is 2. The van der Waals surface area contributed by atoms with Crippen LogP contribution in [0, 0.1) is 24.5 Å². The molecule has 1 aliphatic rings. The van der Waals surface area contributed by atoms with Crippen molar-refractivity contribution in [3.63, 3.8) is 0 Å². The van der Waals surface area contributed by atoms with Gasteiger partial charge in [0.15, 0.2) is 0 Å². The fourth-order valence-corrected chi connectivity index (χ4v) is 2.68. The van der Waals surface area contributed by atoms with Gasteiger partial charge in [-0.05, 0) is 31.9 Å². The van der Waals surface area contributed by atoms with Gasteiger partial charge in [-0.3, -0.25) is 4.79 Å². The van der Waals surface area contributed by atoms with Gasteiger partial charge in [0.05, 0.1) is 11.4 Å². The summed E-state index contributed by atoms with van der Waals surface area (Å²) in [5.41, 5.74) is 1.83. The van der Waals surface area contributed by atoms with Crippen molar-refractivity contribution in [2.75, 3.05) is 5.32 Å².